The maximum absolute atomic E-state index is 13.5. The second-order valence-electron chi connectivity index (χ2n) is 8.15. The Morgan fingerprint density at radius 1 is 1.00 bits per heavy atom. The zero-order chi connectivity index (χ0) is 23.1. The van der Waals surface area contributed by atoms with Crippen LogP contribution in [0.25, 0.3) is 0 Å². The smallest absolute Gasteiger partial charge is 0.251 e. The van der Waals surface area contributed by atoms with Gasteiger partial charge in [0.2, 0.25) is 5.91 Å². The Morgan fingerprint density at radius 2 is 1.62 bits per heavy atom. The van der Waals surface area contributed by atoms with Gasteiger partial charge < -0.3 is 19.7 Å². The van der Waals surface area contributed by atoms with Crippen molar-refractivity contribution >= 4 is 11.8 Å². The zero-order valence-electron chi connectivity index (χ0n) is 19.5. The first-order valence-electron chi connectivity index (χ1n) is 11.5. The molecular formula is C26H34N2O4. The van der Waals surface area contributed by atoms with Crippen LogP contribution in [0.5, 0.6) is 11.5 Å². The predicted molar refractivity (Wildman–Crippen MR) is 125 cm³/mol. The average Bonchev–Trinajstić information content (AvgIpc) is 2.82. The van der Waals surface area contributed by atoms with Gasteiger partial charge >= 0.3 is 0 Å². The monoisotopic (exact) mass is 438 g/mol. The van der Waals surface area contributed by atoms with Crippen molar-refractivity contribution < 1.29 is 19.1 Å². The molecule has 32 heavy (non-hydrogen) atoms. The van der Waals surface area contributed by atoms with Crippen molar-refractivity contribution in [3.8, 4) is 11.5 Å². The molecule has 0 saturated carbocycles. The Morgan fingerprint density at radius 3 is 2.22 bits per heavy atom. The number of hydrogen-bond acceptors (Lipinski definition) is 4. The third-order valence-electron chi connectivity index (χ3n) is 5.99. The number of nitrogens with one attached hydrogen (secondary N) is 1. The highest BCUT2D eigenvalue weighted by Gasteiger charge is 2.32. The topological polar surface area (TPSA) is 67.9 Å². The summed E-state index contributed by atoms with van der Waals surface area (Å²) in [4.78, 5) is 28.1. The summed E-state index contributed by atoms with van der Waals surface area (Å²) in [7, 11) is 0. The van der Waals surface area contributed by atoms with Gasteiger partial charge in [-0.1, -0.05) is 38.5 Å². The highest BCUT2D eigenvalue weighted by molar-refractivity contribution is 5.97. The van der Waals surface area contributed by atoms with E-state index in [9.17, 15) is 9.59 Å². The van der Waals surface area contributed by atoms with Gasteiger partial charge in [-0.15, -0.1) is 0 Å². The fourth-order valence-corrected chi connectivity index (χ4v) is 3.98. The molecule has 1 N–H and O–H groups in total. The normalized spacial score (nSPS) is 14.8. The number of carbonyl (C=O) groups excluding carboxylic acids is 2. The van der Waals surface area contributed by atoms with Crippen molar-refractivity contribution in [2.45, 2.75) is 53.1 Å². The number of ether oxygens (including phenoxy) is 2. The molecule has 2 aromatic carbocycles. The van der Waals surface area contributed by atoms with E-state index >= 15 is 0 Å². The predicted octanol–water partition coefficient (Wildman–Crippen LogP) is 4.21. The van der Waals surface area contributed by atoms with Crippen LogP contribution in [0.15, 0.2) is 42.5 Å². The number of nitrogens with zero attached hydrogens (tertiary/aromatic N) is 1. The molecule has 2 atom stereocenters. The van der Waals surface area contributed by atoms with Crippen LogP contribution in [-0.2, 0) is 17.8 Å². The first-order chi connectivity index (χ1) is 15.5. The van der Waals surface area contributed by atoms with Crippen molar-refractivity contribution in [3.63, 3.8) is 0 Å². The lowest BCUT2D eigenvalue weighted by Crippen LogP contribution is -2.52. The first kappa shape index (κ1) is 23.6. The van der Waals surface area contributed by atoms with Crippen molar-refractivity contribution in [2.24, 2.45) is 5.92 Å². The number of hydrogen-bond donors (Lipinski definition) is 1. The lowest BCUT2D eigenvalue weighted by Gasteiger charge is -2.34. The Balaban J connectivity index is 1.80. The van der Waals surface area contributed by atoms with Crippen LogP contribution in [0.2, 0.25) is 0 Å². The maximum atomic E-state index is 13.5. The van der Waals surface area contributed by atoms with E-state index in [-0.39, 0.29) is 17.7 Å². The summed E-state index contributed by atoms with van der Waals surface area (Å²) < 4.78 is 11.5. The van der Waals surface area contributed by atoms with E-state index in [1.807, 2.05) is 62.9 Å². The molecule has 0 unspecified atom stereocenters. The van der Waals surface area contributed by atoms with Crippen LogP contribution in [0.4, 0.5) is 0 Å². The maximum Gasteiger partial charge on any atom is 0.251 e. The molecule has 1 aliphatic rings. The summed E-state index contributed by atoms with van der Waals surface area (Å²) in [5.74, 6) is 1.22. The summed E-state index contributed by atoms with van der Waals surface area (Å²) in [6.45, 7) is 10.2. The van der Waals surface area contributed by atoms with Gasteiger partial charge in [0.05, 0.1) is 13.2 Å². The fourth-order valence-electron chi connectivity index (χ4n) is 3.98. The highest BCUT2D eigenvalue weighted by Crippen LogP contribution is 2.34. The Labute approximate surface area is 190 Å². The van der Waals surface area contributed by atoms with Gasteiger partial charge in [0, 0.05) is 18.7 Å². The molecule has 0 aliphatic carbocycles. The van der Waals surface area contributed by atoms with Crippen LogP contribution in [-0.4, -0.2) is 42.5 Å². The van der Waals surface area contributed by atoms with Crippen LogP contribution in [0.3, 0.4) is 0 Å². The molecule has 1 heterocycles. The lowest BCUT2D eigenvalue weighted by molar-refractivity contribution is -0.135. The van der Waals surface area contributed by atoms with Crippen LogP contribution < -0.4 is 14.8 Å². The molecule has 6 nitrogen and oxygen atoms in total. The Hall–Kier alpha value is -3.02. The summed E-state index contributed by atoms with van der Waals surface area (Å²) >= 11 is 0. The van der Waals surface area contributed by atoms with Crippen molar-refractivity contribution in [2.75, 3.05) is 19.8 Å². The van der Waals surface area contributed by atoms with E-state index in [1.165, 1.54) is 5.56 Å². The SMILES string of the molecule is CCOc1cc2c(cc1OCC)CN(C(=O)[C@@H](NC(=O)c1ccccc1)[C@@H](C)CC)CC2. The molecule has 0 fully saturated rings. The largest absolute Gasteiger partial charge is 0.490 e. The second kappa shape index (κ2) is 11.0. The van der Waals surface area contributed by atoms with Gasteiger partial charge in [-0.05, 0) is 61.6 Å². The van der Waals surface area contributed by atoms with Crippen molar-refractivity contribution in [1.82, 2.24) is 10.2 Å². The zero-order valence-corrected chi connectivity index (χ0v) is 19.5. The molecule has 0 aromatic heterocycles. The molecule has 0 saturated heterocycles. The molecule has 3 rings (SSSR count). The summed E-state index contributed by atoms with van der Waals surface area (Å²) in [5.41, 5.74) is 2.80. The molecule has 0 bridgehead atoms. The van der Waals surface area contributed by atoms with Gasteiger partial charge in [-0.2, -0.15) is 0 Å². The van der Waals surface area contributed by atoms with E-state index in [0.717, 1.165) is 24.2 Å². The Kier molecular flexibility index (Phi) is 8.14. The highest BCUT2D eigenvalue weighted by atomic mass is 16.5. The molecule has 6 heteroatoms. The quantitative estimate of drug-likeness (QED) is 0.637. The summed E-state index contributed by atoms with van der Waals surface area (Å²) in [6, 6.07) is 12.5. The van der Waals surface area contributed by atoms with Crippen molar-refractivity contribution in [1.29, 1.82) is 0 Å². The van der Waals surface area contributed by atoms with E-state index in [4.69, 9.17) is 9.47 Å². The molecule has 172 valence electrons. The molecule has 1 aliphatic heterocycles. The minimum absolute atomic E-state index is 0.0240. The minimum Gasteiger partial charge on any atom is -0.490 e. The van der Waals surface area contributed by atoms with Gasteiger partial charge in [0.15, 0.2) is 11.5 Å². The van der Waals surface area contributed by atoms with Gasteiger partial charge in [-0.25, -0.2) is 0 Å². The summed E-state index contributed by atoms with van der Waals surface area (Å²) in [5, 5.41) is 2.99. The van der Waals surface area contributed by atoms with Gasteiger partial charge in [0.1, 0.15) is 6.04 Å². The number of rotatable bonds is 9. The second-order valence-corrected chi connectivity index (χ2v) is 8.15. The molecule has 2 aromatic rings. The molecule has 2 amide bonds. The van der Waals surface area contributed by atoms with Crippen LogP contribution in [0.1, 0.15) is 55.6 Å². The third-order valence-corrected chi connectivity index (χ3v) is 5.99. The standard InChI is InChI=1S/C26H34N2O4/c1-5-18(4)24(27-25(29)19-11-9-8-10-12-19)26(30)28-14-13-20-15-22(31-6-2)23(32-7-3)16-21(20)17-28/h8-12,15-16,18,24H,5-7,13-14,17H2,1-4H3,(H,27,29)/t18-,24-/m0/s1. The Bertz CT molecular complexity index is 929. The number of carbonyl (C=O) groups is 2. The van der Waals surface area contributed by atoms with E-state index in [2.05, 4.69) is 5.32 Å². The fraction of sp³-hybridized carbons (Fsp3) is 0.462. The third kappa shape index (κ3) is 5.42. The minimum atomic E-state index is -0.566. The molecule has 0 radical (unpaired) electrons. The van der Waals surface area contributed by atoms with Crippen LogP contribution >= 0.6 is 0 Å². The lowest BCUT2D eigenvalue weighted by atomic mass is 9.94. The number of fused-ring (bicyclic) bond motifs is 1. The molecule has 0 spiro atoms. The first-order valence-corrected chi connectivity index (χ1v) is 11.5. The van der Waals surface area contributed by atoms with E-state index in [1.54, 1.807) is 12.1 Å². The van der Waals surface area contributed by atoms with Crippen LogP contribution in [0, 0.1) is 5.92 Å². The molecular weight excluding hydrogens is 404 g/mol. The van der Waals surface area contributed by atoms with E-state index < -0.39 is 6.04 Å². The van der Waals surface area contributed by atoms with Gasteiger partial charge in [0.25, 0.3) is 5.91 Å². The van der Waals surface area contributed by atoms with E-state index in [0.29, 0.717) is 37.6 Å². The summed E-state index contributed by atoms with van der Waals surface area (Å²) in [6.07, 6.45) is 1.54. The van der Waals surface area contributed by atoms with Crippen molar-refractivity contribution in [3.05, 3.63) is 59.2 Å². The number of amides is 2. The number of benzene rings is 2. The van der Waals surface area contributed by atoms with Gasteiger partial charge in [-0.3, -0.25) is 9.59 Å². The average molecular weight is 439 g/mol.